The van der Waals surface area contributed by atoms with Gasteiger partial charge in [0, 0.05) is 26.3 Å². The van der Waals surface area contributed by atoms with Crippen LogP contribution < -0.4 is 10.6 Å². The van der Waals surface area contributed by atoms with Gasteiger partial charge in [0.1, 0.15) is 17.5 Å². The van der Waals surface area contributed by atoms with E-state index in [2.05, 4.69) is 44.9 Å². The predicted molar refractivity (Wildman–Crippen MR) is 90.4 cm³/mol. The first-order valence-electron chi connectivity index (χ1n) is 7.64. The van der Waals surface area contributed by atoms with Crippen LogP contribution in [-0.2, 0) is 11.2 Å². The Morgan fingerprint density at radius 1 is 1.00 bits per heavy atom. The van der Waals surface area contributed by atoms with E-state index in [1.54, 1.807) is 7.11 Å². The molecule has 1 heterocycles. The van der Waals surface area contributed by atoms with E-state index in [-0.39, 0.29) is 0 Å². The van der Waals surface area contributed by atoms with Crippen LogP contribution in [0.4, 0.5) is 11.6 Å². The lowest BCUT2D eigenvalue weighted by Gasteiger charge is -2.10. The second-order valence-electron chi connectivity index (χ2n) is 5.12. The van der Waals surface area contributed by atoms with Gasteiger partial charge in [0.25, 0.3) is 0 Å². The molecule has 0 bridgehead atoms. The van der Waals surface area contributed by atoms with Crippen molar-refractivity contribution in [1.82, 2.24) is 9.97 Å². The molecule has 2 N–H and O–H groups in total. The standard InChI is InChI=1S/C17H24N4O/c1-14-20-16(13-17(21-14)19-11-12-22-2)18-10-6-9-15-7-4-3-5-8-15/h3-5,7-8,13H,6,9-12H2,1-2H3,(H2,18,19,20,21). The van der Waals surface area contributed by atoms with Gasteiger partial charge < -0.3 is 15.4 Å². The van der Waals surface area contributed by atoms with E-state index in [0.717, 1.165) is 43.4 Å². The van der Waals surface area contributed by atoms with Crippen LogP contribution in [0.25, 0.3) is 0 Å². The number of nitrogens with one attached hydrogen (secondary N) is 2. The Kier molecular flexibility index (Phi) is 6.64. The average molecular weight is 300 g/mol. The summed E-state index contributed by atoms with van der Waals surface area (Å²) >= 11 is 0. The van der Waals surface area contributed by atoms with E-state index in [0.29, 0.717) is 6.61 Å². The van der Waals surface area contributed by atoms with Crippen LogP contribution in [0.2, 0.25) is 0 Å². The fraction of sp³-hybridized carbons (Fsp3) is 0.412. The Morgan fingerprint density at radius 3 is 2.36 bits per heavy atom. The predicted octanol–water partition coefficient (Wildman–Crippen LogP) is 2.89. The topological polar surface area (TPSA) is 59.1 Å². The minimum Gasteiger partial charge on any atom is -0.383 e. The molecule has 0 unspecified atom stereocenters. The van der Waals surface area contributed by atoms with E-state index in [4.69, 9.17) is 4.74 Å². The SMILES string of the molecule is COCCNc1cc(NCCCc2ccccc2)nc(C)n1. The zero-order valence-electron chi connectivity index (χ0n) is 13.3. The number of nitrogens with zero attached hydrogens (tertiary/aromatic N) is 2. The van der Waals surface area contributed by atoms with Gasteiger partial charge in [-0.3, -0.25) is 0 Å². The molecular formula is C17H24N4O. The molecule has 118 valence electrons. The summed E-state index contributed by atoms with van der Waals surface area (Å²) in [6.07, 6.45) is 2.14. The molecule has 0 amide bonds. The van der Waals surface area contributed by atoms with Crippen molar-refractivity contribution in [2.24, 2.45) is 0 Å². The second-order valence-corrected chi connectivity index (χ2v) is 5.12. The molecule has 22 heavy (non-hydrogen) atoms. The van der Waals surface area contributed by atoms with Crippen molar-refractivity contribution in [3.8, 4) is 0 Å². The van der Waals surface area contributed by atoms with Crippen LogP contribution in [-0.4, -0.2) is 36.8 Å². The van der Waals surface area contributed by atoms with Crippen molar-refractivity contribution in [2.75, 3.05) is 37.4 Å². The molecule has 0 saturated carbocycles. The summed E-state index contributed by atoms with van der Waals surface area (Å²) in [6.45, 7) is 4.18. The lowest BCUT2D eigenvalue weighted by molar-refractivity contribution is 0.210. The third-order valence-corrected chi connectivity index (χ3v) is 3.24. The van der Waals surface area contributed by atoms with Crippen molar-refractivity contribution in [2.45, 2.75) is 19.8 Å². The maximum atomic E-state index is 5.02. The normalized spacial score (nSPS) is 10.5. The summed E-state index contributed by atoms with van der Waals surface area (Å²) in [7, 11) is 1.69. The first-order valence-corrected chi connectivity index (χ1v) is 7.64. The van der Waals surface area contributed by atoms with Gasteiger partial charge in [-0.2, -0.15) is 0 Å². The van der Waals surface area contributed by atoms with Gasteiger partial charge in [-0.1, -0.05) is 30.3 Å². The monoisotopic (exact) mass is 300 g/mol. The van der Waals surface area contributed by atoms with Gasteiger partial charge in [-0.15, -0.1) is 0 Å². The van der Waals surface area contributed by atoms with E-state index in [1.807, 2.05) is 19.1 Å². The summed E-state index contributed by atoms with van der Waals surface area (Å²) in [5.74, 6) is 2.45. The third kappa shape index (κ3) is 5.69. The largest absolute Gasteiger partial charge is 0.383 e. The Morgan fingerprint density at radius 2 is 1.68 bits per heavy atom. The van der Waals surface area contributed by atoms with Crippen molar-refractivity contribution in [1.29, 1.82) is 0 Å². The molecule has 0 aliphatic rings. The minimum absolute atomic E-state index is 0.656. The number of aryl methyl sites for hydroxylation is 2. The minimum atomic E-state index is 0.656. The van der Waals surface area contributed by atoms with Crippen LogP contribution in [0.5, 0.6) is 0 Å². The van der Waals surface area contributed by atoms with Crippen LogP contribution in [0.3, 0.4) is 0 Å². The van der Waals surface area contributed by atoms with Crippen molar-refractivity contribution in [3.63, 3.8) is 0 Å². The van der Waals surface area contributed by atoms with Crippen molar-refractivity contribution in [3.05, 3.63) is 47.8 Å². The number of methoxy groups -OCH3 is 1. The van der Waals surface area contributed by atoms with E-state index in [1.165, 1.54) is 5.56 Å². The molecular weight excluding hydrogens is 276 g/mol. The zero-order chi connectivity index (χ0) is 15.6. The molecule has 0 aliphatic carbocycles. The number of hydrogen-bond donors (Lipinski definition) is 2. The van der Waals surface area contributed by atoms with Crippen molar-refractivity contribution >= 4 is 11.6 Å². The fourth-order valence-corrected chi connectivity index (χ4v) is 2.18. The quantitative estimate of drug-likeness (QED) is 0.697. The summed E-state index contributed by atoms with van der Waals surface area (Å²) in [6, 6.07) is 12.5. The molecule has 0 atom stereocenters. The maximum Gasteiger partial charge on any atom is 0.131 e. The van der Waals surface area contributed by atoms with E-state index >= 15 is 0 Å². The number of rotatable bonds is 9. The van der Waals surface area contributed by atoms with Crippen molar-refractivity contribution < 1.29 is 4.74 Å². The molecule has 5 heteroatoms. The number of benzene rings is 1. The van der Waals surface area contributed by atoms with Crippen LogP contribution in [0, 0.1) is 6.92 Å². The molecule has 1 aromatic carbocycles. The Balaban J connectivity index is 1.79. The molecule has 0 spiro atoms. The maximum absolute atomic E-state index is 5.02. The third-order valence-electron chi connectivity index (χ3n) is 3.24. The van der Waals surface area contributed by atoms with Gasteiger partial charge in [0.15, 0.2) is 0 Å². The molecule has 2 aromatic rings. The number of anilines is 2. The average Bonchev–Trinajstić information content (AvgIpc) is 2.52. The number of hydrogen-bond acceptors (Lipinski definition) is 5. The summed E-state index contributed by atoms with van der Waals surface area (Å²) in [5.41, 5.74) is 1.37. The van der Waals surface area contributed by atoms with Crippen LogP contribution in [0.1, 0.15) is 17.8 Å². The highest BCUT2D eigenvalue weighted by molar-refractivity contribution is 5.47. The fourth-order valence-electron chi connectivity index (χ4n) is 2.18. The highest BCUT2D eigenvalue weighted by Crippen LogP contribution is 2.11. The Bertz CT molecular complexity index is 560. The van der Waals surface area contributed by atoms with E-state index in [9.17, 15) is 0 Å². The first-order chi connectivity index (χ1) is 10.8. The van der Waals surface area contributed by atoms with E-state index < -0.39 is 0 Å². The molecule has 0 radical (unpaired) electrons. The van der Waals surface area contributed by atoms with Crippen LogP contribution >= 0.6 is 0 Å². The molecule has 2 rings (SSSR count). The van der Waals surface area contributed by atoms with Gasteiger partial charge in [-0.25, -0.2) is 9.97 Å². The zero-order valence-corrected chi connectivity index (χ0v) is 13.3. The van der Waals surface area contributed by atoms with Gasteiger partial charge in [0.05, 0.1) is 6.61 Å². The lowest BCUT2D eigenvalue weighted by atomic mass is 10.1. The Hall–Kier alpha value is -2.14. The molecule has 0 aliphatic heterocycles. The highest BCUT2D eigenvalue weighted by atomic mass is 16.5. The molecule has 1 aromatic heterocycles. The molecule has 0 saturated heterocycles. The summed E-state index contributed by atoms with van der Waals surface area (Å²) < 4.78 is 5.02. The van der Waals surface area contributed by atoms with Crippen LogP contribution in [0.15, 0.2) is 36.4 Å². The van der Waals surface area contributed by atoms with Gasteiger partial charge >= 0.3 is 0 Å². The molecule has 0 fully saturated rings. The number of ether oxygens (including phenoxy) is 1. The smallest absolute Gasteiger partial charge is 0.131 e. The second kappa shape index (κ2) is 9.00. The Labute approximate surface area is 132 Å². The summed E-state index contributed by atoms with van der Waals surface area (Å²) in [4.78, 5) is 8.78. The molecule has 5 nitrogen and oxygen atoms in total. The first kappa shape index (κ1) is 16.2. The number of aromatic nitrogens is 2. The lowest BCUT2D eigenvalue weighted by Crippen LogP contribution is -2.11. The van der Waals surface area contributed by atoms with Gasteiger partial charge in [0.2, 0.25) is 0 Å². The van der Waals surface area contributed by atoms with Gasteiger partial charge in [-0.05, 0) is 25.3 Å². The highest BCUT2D eigenvalue weighted by Gasteiger charge is 2.01. The summed E-state index contributed by atoms with van der Waals surface area (Å²) in [5, 5.41) is 6.59.